The van der Waals surface area contributed by atoms with E-state index in [2.05, 4.69) is 48.4 Å². The van der Waals surface area contributed by atoms with Crippen LogP contribution in [0.5, 0.6) is 0 Å². The Morgan fingerprint density at radius 2 is 1.68 bits per heavy atom. The second-order valence-corrected chi connectivity index (χ2v) is 8.73. The molecule has 0 fully saturated rings. The molecule has 146 valence electrons. The molecule has 3 rings (SSSR count). The van der Waals surface area contributed by atoms with E-state index in [1.807, 2.05) is 44.2 Å². The molecule has 0 aliphatic heterocycles. The van der Waals surface area contributed by atoms with Crippen molar-refractivity contribution in [2.45, 2.75) is 45.3 Å². The molecule has 0 radical (unpaired) electrons. The van der Waals surface area contributed by atoms with Crippen LogP contribution in [0.3, 0.4) is 0 Å². The number of benzene rings is 2. The zero-order valence-electron chi connectivity index (χ0n) is 16.9. The maximum Gasteiger partial charge on any atom is 0.277 e. The molecule has 28 heavy (non-hydrogen) atoms. The molecule has 0 unspecified atom stereocenters. The van der Waals surface area contributed by atoms with Crippen molar-refractivity contribution in [2.24, 2.45) is 0 Å². The molecular weight excluding hydrogens is 370 g/mol. The zero-order chi connectivity index (χ0) is 20.3. The molecule has 0 spiro atoms. The highest BCUT2D eigenvalue weighted by Gasteiger charge is 2.15. The molecule has 0 aliphatic carbocycles. The Hall–Kier alpha value is -2.60. The Balaban J connectivity index is 1.61. The predicted octanol–water partition coefficient (Wildman–Crippen LogP) is 5.38. The molecule has 0 saturated heterocycles. The number of para-hydroxylation sites is 1. The Bertz CT molecular complexity index is 952. The molecule has 2 aromatic carbocycles. The quantitative estimate of drug-likeness (QED) is 0.587. The first-order valence-electron chi connectivity index (χ1n) is 9.17. The van der Waals surface area contributed by atoms with Crippen LogP contribution in [-0.4, -0.2) is 21.9 Å². The lowest BCUT2D eigenvalue weighted by Gasteiger charge is -2.18. The van der Waals surface area contributed by atoms with Gasteiger partial charge >= 0.3 is 0 Å². The largest absolute Gasteiger partial charge is 0.411 e. The van der Waals surface area contributed by atoms with Crippen molar-refractivity contribution >= 4 is 23.4 Å². The standard InChI is InChI=1S/C22H25N3O2S/c1-14-7-6-8-15(2)19(14)23-18(26)13-28-21-25-24-20(27-21)16-9-11-17(12-10-16)22(3,4)5/h6-12H,13H2,1-5H3,(H,23,26). The monoisotopic (exact) mass is 395 g/mol. The minimum absolute atomic E-state index is 0.0945. The van der Waals surface area contributed by atoms with Gasteiger partial charge in [-0.05, 0) is 48.1 Å². The van der Waals surface area contributed by atoms with Crippen LogP contribution in [0.15, 0.2) is 52.1 Å². The van der Waals surface area contributed by atoms with Crippen molar-refractivity contribution in [2.75, 3.05) is 11.1 Å². The van der Waals surface area contributed by atoms with Gasteiger partial charge in [0.15, 0.2) is 0 Å². The van der Waals surface area contributed by atoms with E-state index in [0.29, 0.717) is 11.1 Å². The van der Waals surface area contributed by atoms with E-state index in [-0.39, 0.29) is 17.1 Å². The average Bonchev–Trinajstić information content (AvgIpc) is 3.12. The van der Waals surface area contributed by atoms with Crippen molar-refractivity contribution in [1.82, 2.24) is 10.2 Å². The van der Waals surface area contributed by atoms with Crippen LogP contribution in [-0.2, 0) is 10.2 Å². The van der Waals surface area contributed by atoms with E-state index >= 15 is 0 Å². The van der Waals surface area contributed by atoms with Gasteiger partial charge in [0.25, 0.3) is 5.22 Å². The first kappa shape index (κ1) is 20.1. The summed E-state index contributed by atoms with van der Waals surface area (Å²) in [6.07, 6.45) is 0. The third kappa shape index (κ3) is 4.81. The zero-order valence-corrected chi connectivity index (χ0v) is 17.7. The minimum atomic E-state index is -0.100. The van der Waals surface area contributed by atoms with E-state index in [4.69, 9.17) is 4.42 Å². The van der Waals surface area contributed by atoms with Crippen LogP contribution < -0.4 is 5.32 Å². The maximum absolute atomic E-state index is 12.3. The first-order valence-corrected chi connectivity index (χ1v) is 10.2. The Morgan fingerprint density at radius 3 is 2.29 bits per heavy atom. The number of hydrogen-bond acceptors (Lipinski definition) is 5. The van der Waals surface area contributed by atoms with Gasteiger partial charge in [-0.2, -0.15) is 0 Å². The molecule has 3 aromatic rings. The Kier molecular flexibility index (Phi) is 5.89. The lowest BCUT2D eigenvalue weighted by molar-refractivity contribution is -0.113. The van der Waals surface area contributed by atoms with Crippen LogP contribution in [0.25, 0.3) is 11.5 Å². The van der Waals surface area contributed by atoms with E-state index in [0.717, 1.165) is 22.4 Å². The van der Waals surface area contributed by atoms with E-state index < -0.39 is 0 Å². The molecule has 0 bridgehead atoms. The fourth-order valence-corrected chi connectivity index (χ4v) is 3.38. The third-order valence-electron chi connectivity index (χ3n) is 4.48. The predicted molar refractivity (Wildman–Crippen MR) is 114 cm³/mol. The van der Waals surface area contributed by atoms with Crippen molar-refractivity contribution in [3.8, 4) is 11.5 Å². The fourth-order valence-electron chi connectivity index (χ4n) is 2.81. The summed E-state index contributed by atoms with van der Waals surface area (Å²) < 4.78 is 5.70. The van der Waals surface area contributed by atoms with Crippen molar-refractivity contribution in [3.05, 3.63) is 59.2 Å². The van der Waals surface area contributed by atoms with Crippen LogP contribution in [0.1, 0.15) is 37.5 Å². The van der Waals surface area contributed by atoms with Gasteiger partial charge in [-0.15, -0.1) is 10.2 Å². The van der Waals surface area contributed by atoms with Crippen LogP contribution in [0.2, 0.25) is 0 Å². The van der Waals surface area contributed by atoms with Crippen molar-refractivity contribution < 1.29 is 9.21 Å². The summed E-state index contributed by atoms with van der Waals surface area (Å²) in [4.78, 5) is 12.3. The molecular formula is C22H25N3O2S. The number of aryl methyl sites for hydroxylation is 2. The topological polar surface area (TPSA) is 68.0 Å². The highest BCUT2D eigenvalue weighted by Crippen LogP contribution is 2.27. The van der Waals surface area contributed by atoms with Crippen LogP contribution in [0, 0.1) is 13.8 Å². The molecule has 1 amide bonds. The lowest BCUT2D eigenvalue weighted by Crippen LogP contribution is -2.15. The number of hydrogen-bond donors (Lipinski definition) is 1. The molecule has 0 aliphatic rings. The average molecular weight is 396 g/mol. The minimum Gasteiger partial charge on any atom is -0.411 e. The van der Waals surface area contributed by atoms with Gasteiger partial charge in [-0.3, -0.25) is 4.79 Å². The Labute approximate surface area is 170 Å². The number of carbonyl (C=O) groups excluding carboxylic acids is 1. The van der Waals surface area contributed by atoms with Crippen molar-refractivity contribution in [1.29, 1.82) is 0 Å². The normalized spacial score (nSPS) is 11.5. The van der Waals surface area contributed by atoms with Gasteiger partial charge in [0.1, 0.15) is 0 Å². The van der Waals surface area contributed by atoms with Gasteiger partial charge in [0, 0.05) is 11.3 Å². The summed E-state index contributed by atoms with van der Waals surface area (Å²) in [7, 11) is 0. The van der Waals surface area contributed by atoms with Gasteiger partial charge in [-0.25, -0.2) is 0 Å². The second kappa shape index (κ2) is 8.19. The van der Waals surface area contributed by atoms with Gasteiger partial charge in [-0.1, -0.05) is 62.9 Å². The fraction of sp³-hybridized carbons (Fsp3) is 0.318. The van der Waals surface area contributed by atoms with Crippen LogP contribution >= 0.6 is 11.8 Å². The summed E-state index contributed by atoms with van der Waals surface area (Å²) >= 11 is 1.23. The SMILES string of the molecule is Cc1cccc(C)c1NC(=O)CSc1nnc(-c2ccc(C(C)(C)C)cc2)o1. The summed E-state index contributed by atoms with van der Waals surface area (Å²) in [5, 5.41) is 11.5. The summed E-state index contributed by atoms with van der Waals surface area (Å²) in [6, 6.07) is 14.0. The van der Waals surface area contributed by atoms with E-state index in [1.165, 1.54) is 17.3 Å². The number of nitrogens with one attached hydrogen (secondary N) is 1. The third-order valence-corrected chi connectivity index (χ3v) is 5.30. The number of anilines is 1. The number of amides is 1. The molecule has 1 N–H and O–H groups in total. The molecule has 1 heterocycles. The lowest BCUT2D eigenvalue weighted by atomic mass is 9.87. The second-order valence-electron chi connectivity index (χ2n) is 7.80. The molecule has 0 atom stereocenters. The highest BCUT2D eigenvalue weighted by molar-refractivity contribution is 7.99. The molecule has 1 aromatic heterocycles. The van der Waals surface area contributed by atoms with Crippen LogP contribution in [0.4, 0.5) is 5.69 Å². The van der Waals surface area contributed by atoms with Crippen molar-refractivity contribution in [3.63, 3.8) is 0 Å². The first-order chi connectivity index (χ1) is 13.2. The maximum atomic E-state index is 12.3. The molecule has 6 heteroatoms. The molecule has 5 nitrogen and oxygen atoms in total. The molecule has 0 saturated carbocycles. The summed E-state index contributed by atoms with van der Waals surface area (Å²) in [5.41, 5.74) is 5.14. The summed E-state index contributed by atoms with van der Waals surface area (Å²) in [6.45, 7) is 10.5. The van der Waals surface area contributed by atoms with Gasteiger partial charge < -0.3 is 9.73 Å². The Morgan fingerprint density at radius 1 is 1.04 bits per heavy atom. The van der Waals surface area contributed by atoms with Gasteiger partial charge in [0.2, 0.25) is 11.8 Å². The highest BCUT2D eigenvalue weighted by atomic mass is 32.2. The number of nitrogens with zero attached hydrogens (tertiary/aromatic N) is 2. The van der Waals surface area contributed by atoms with E-state index in [1.54, 1.807) is 0 Å². The number of aromatic nitrogens is 2. The number of thioether (sulfide) groups is 1. The number of rotatable bonds is 5. The smallest absolute Gasteiger partial charge is 0.277 e. The van der Waals surface area contributed by atoms with Gasteiger partial charge in [0.05, 0.1) is 5.75 Å². The summed E-state index contributed by atoms with van der Waals surface area (Å²) in [5.74, 6) is 0.563. The number of carbonyl (C=O) groups is 1. The van der Waals surface area contributed by atoms with E-state index in [9.17, 15) is 4.79 Å².